The first-order valence-corrected chi connectivity index (χ1v) is 6.70. The summed E-state index contributed by atoms with van der Waals surface area (Å²) in [5.41, 5.74) is -0.313. The minimum Gasteiger partial charge on any atom is -0.394 e. The van der Waals surface area contributed by atoms with Crippen molar-refractivity contribution in [1.29, 1.82) is 0 Å². The summed E-state index contributed by atoms with van der Waals surface area (Å²) >= 11 is 1.42. The largest absolute Gasteiger partial charge is 0.394 e. The zero-order chi connectivity index (χ0) is 12.0. The van der Waals surface area contributed by atoms with Gasteiger partial charge in [0.05, 0.1) is 6.61 Å². The van der Waals surface area contributed by atoms with E-state index < -0.39 is 24.4 Å². The molecule has 2 unspecified atom stereocenters. The van der Waals surface area contributed by atoms with E-state index in [2.05, 4.69) is 10.3 Å². The van der Waals surface area contributed by atoms with Crippen molar-refractivity contribution in [2.45, 2.75) is 48.7 Å². The maximum Gasteiger partial charge on any atom is 0.159 e. The van der Waals surface area contributed by atoms with Crippen molar-refractivity contribution in [3.05, 3.63) is 0 Å². The summed E-state index contributed by atoms with van der Waals surface area (Å²) < 4.78 is 5.52. The number of aliphatic hydroxyl groups excluding tert-OH is 3. The molecule has 0 radical (unpaired) electrons. The van der Waals surface area contributed by atoms with Crippen LogP contribution < -0.4 is 5.32 Å². The topological polar surface area (TPSA) is 94.3 Å². The van der Waals surface area contributed by atoms with E-state index in [4.69, 9.17) is 9.84 Å². The fraction of sp³-hybridized carbons (Fsp3) is 0.900. The average molecular weight is 260 g/mol. The fourth-order valence-electron chi connectivity index (χ4n) is 2.05. The number of amidine groups is 1. The molecular weight excluding hydrogens is 244 g/mol. The molecule has 1 saturated heterocycles. The molecule has 5 atom stereocenters. The first kappa shape index (κ1) is 11.7. The molecule has 0 aromatic rings. The van der Waals surface area contributed by atoms with Crippen molar-refractivity contribution < 1.29 is 20.1 Å². The summed E-state index contributed by atoms with van der Waals surface area (Å²) in [7, 11) is 0. The Hall–Kier alpha value is -0.340. The van der Waals surface area contributed by atoms with Crippen molar-refractivity contribution in [2.24, 2.45) is 4.99 Å². The molecule has 2 fully saturated rings. The van der Waals surface area contributed by atoms with Gasteiger partial charge in [0.2, 0.25) is 0 Å². The molecular formula is C10H16N2O4S. The minimum absolute atomic E-state index is 0.298. The van der Waals surface area contributed by atoms with Crippen LogP contribution in [0.25, 0.3) is 0 Å². The van der Waals surface area contributed by atoms with Crippen LogP contribution in [0.5, 0.6) is 0 Å². The highest BCUT2D eigenvalue weighted by Gasteiger charge is 2.48. The molecule has 4 N–H and O–H groups in total. The third-order valence-electron chi connectivity index (χ3n) is 3.25. The highest BCUT2D eigenvalue weighted by molar-refractivity contribution is 8.14. The van der Waals surface area contributed by atoms with Crippen LogP contribution >= 0.6 is 11.8 Å². The number of nitrogens with zero attached hydrogens (tertiary/aromatic N) is 1. The summed E-state index contributed by atoms with van der Waals surface area (Å²) in [6.45, 7) is -0.298. The Kier molecular flexibility index (Phi) is 3.04. The predicted molar refractivity (Wildman–Crippen MR) is 62.7 cm³/mol. The second-order valence-corrected chi connectivity index (χ2v) is 5.76. The fourth-order valence-corrected chi connectivity index (χ4v) is 3.25. The van der Waals surface area contributed by atoms with Crippen molar-refractivity contribution in [3.8, 4) is 0 Å². The van der Waals surface area contributed by atoms with Gasteiger partial charge < -0.3 is 25.4 Å². The summed E-state index contributed by atoms with van der Waals surface area (Å²) in [5, 5.41) is 32.7. The number of hydrogen-bond donors (Lipinski definition) is 4. The van der Waals surface area contributed by atoms with Gasteiger partial charge >= 0.3 is 0 Å². The van der Waals surface area contributed by atoms with Crippen LogP contribution in [0.3, 0.4) is 0 Å². The average Bonchev–Trinajstić information content (AvgIpc) is 3.02. The molecule has 1 saturated carbocycles. The Morgan fingerprint density at radius 2 is 2.12 bits per heavy atom. The standard InChI is InChI=1S/C10H16N2O4S/c13-3-5-7(14)8(15)6-9(16-5)17-10(12-6)11-4-1-2-4/h4-9,13-15H,1-3H2,(H,11,12)/t5-,6?,7-,8-,9?/m1/s1. The van der Waals surface area contributed by atoms with Crippen LogP contribution in [0.15, 0.2) is 4.99 Å². The predicted octanol–water partition coefficient (Wildman–Crippen LogP) is -1.35. The van der Waals surface area contributed by atoms with E-state index in [-0.39, 0.29) is 12.0 Å². The van der Waals surface area contributed by atoms with Crippen LogP contribution in [0.1, 0.15) is 12.8 Å². The Morgan fingerprint density at radius 1 is 1.35 bits per heavy atom. The quantitative estimate of drug-likeness (QED) is 0.490. The smallest absolute Gasteiger partial charge is 0.159 e. The third kappa shape index (κ3) is 2.17. The van der Waals surface area contributed by atoms with Crippen molar-refractivity contribution in [2.75, 3.05) is 6.61 Å². The molecule has 0 aromatic carbocycles. The van der Waals surface area contributed by atoms with Crippen molar-refractivity contribution in [3.63, 3.8) is 0 Å². The first-order chi connectivity index (χ1) is 8.19. The lowest BCUT2D eigenvalue weighted by Gasteiger charge is -2.37. The summed E-state index contributed by atoms with van der Waals surface area (Å²) in [4.78, 5) is 4.34. The Balaban J connectivity index is 1.69. The lowest BCUT2D eigenvalue weighted by atomic mass is 9.99. The summed E-state index contributed by atoms with van der Waals surface area (Å²) in [6, 6.07) is 0.0520. The van der Waals surface area contributed by atoms with E-state index in [9.17, 15) is 10.2 Å². The molecule has 6 nitrogen and oxygen atoms in total. The number of nitrogens with one attached hydrogen (secondary N) is 1. The molecule has 0 spiro atoms. The Labute approximate surface area is 103 Å². The van der Waals surface area contributed by atoms with E-state index in [0.29, 0.717) is 6.04 Å². The van der Waals surface area contributed by atoms with Gasteiger partial charge in [0.25, 0.3) is 0 Å². The Bertz CT molecular complexity index is 336. The molecule has 2 aliphatic heterocycles. The van der Waals surface area contributed by atoms with Gasteiger partial charge in [-0.05, 0) is 12.8 Å². The third-order valence-corrected chi connectivity index (χ3v) is 4.32. The molecule has 3 aliphatic rings. The maximum atomic E-state index is 9.93. The van der Waals surface area contributed by atoms with E-state index in [0.717, 1.165) is 18.0 Å². The number of thioether (sulfide) groups is 1. The first-order valence-electron chi connectivity index (χ1n) is 5.82. The van der Waals surface area contributed by atoms with Crippen LogP contribution in [0.4, 0.5) is 0 Å². The normalized spacial score (nSPS) is 45.4. The highest BCUT2D eigenvalue weighted by atomic mass is 32.2. The van der Waals surface area contributed by atoms with Gasteiger partial charge in [0, 0.05) is 6.04 Å². The molecule has 2 heterocycles. The highest BCUT2D eigenvalue weighted by Crippen LogP contribution is 2.36. The number of ether oxygens (including phenoxy) is 1. The van der Waals surface area contributed by atoms with Gasteiger partial charge in [-0.1, -0.05) is 11.8 Å². The number of fused-ring (bicyclic) bond motifs is 1. The molecule has 96 valence electrons. The monoisotopic (exact) mass is 260 g/mol. The van der Waals surface area contributed by atoms with Gasteiger partial charge in [0.1, 0.15) is 29.8 Å². The molecule has 17 heavy (non-hydrogen) atoms. The van der Waals surface area contributed by atoms with Crippen molar-refractivity contribution in [1.82, 2.24) is 5.32 Å². The van der Waals surface area contributed by atoms with Crippen molar-refractivity contribution >= 4 is 16.9 Å². The van der Waals surface area contributed by atoms with E-state index >= 15 is 0 Å². The molecule has 0 bridgehead atoms. The molecule has 1 aliphatic carbocycles. The number of aliphatic imine (C=N–C) groups is 1. The van der Waals surface area contributed by atoms with Crippen LogP contribution in [0, 0.1) is 0 Å². The number of rotatable bonds is 2. The molecule has 0 aromatic heterocycles. The van der Waals surface area contributed by atoms with E-state index in [1.54, 1.807) is 0 Å². The molecule has 7 heteroatoms. The number of hydrogen-bond acceptors (Lipinski definition) is 7. The number of aliphatic hydroxyl groups is 3. The lowest BCUT2D eigenvalue weighted by Crippen LogP contribution is -2.55. The van der Waals surface area contributed by atoms with Crippen LogP contribution in [0.2, 0.25) is 0 Å². The SMILES string of the molecule is OC[C@H]1OC2SC(NC3CC3)=NC2[C@@H](O)[C@@H]1O. The zero-order valence-electron chi connectivity index (χ0n) is 9.19. The summed E-state index contributed by atoms with van der Waals surface area (Å²) in [5.74, 6) is 0. The van der Waals surface area contributed by atoms with Crippen LogP contribution in [-0.4, -0.2) is 62.9 Å². The second-order valence-electron chi connectivity index (χ2n) is 4.67. The molecule has 3 rings (SSSR count). The van der Waals surface area contributed by atoms with Gasteiger partial charge in [0.15, 0.2) is 5.17 Å². The Morgan fingerprint density at radius 3 is 2.76 bits per heavy atom. The molecule has 0 amide bonds. The lowest BCUT2D eigenvalue weighted by molar-refractivity contribution is -0.164. The van der Waals surface area contributed by atoms with Gasteiger partial charge in [-0.2, -0.15) is 0 Å². The van der Waals surface area contributed by atoms with Gasteiger partial charge in [-0.25, -0.2) is 0 Å². The zero-order valence-corrected chi connectivity index (χ0v) is 10.0. The maximum absolute atomic E-state index is 9.93. The summed E-state index contributed by atoms with van der Waals surface area (Å²) in [6.07, 6.45) is -0.475. The van der Waals surface area contributed by atoms with Crippen LogP contribution in [-0.2, 0) is 4.74 Å². The van der Waals surface area contributed by atoms with E-state index in [1.807, 2.05) is 0 Å². The minimum atomic E-state index is -1.08. The van der Waals surface area contributed by atoms with E-state index in [1.165, 1.54) is 11.8 Å². The van der Waals surface area contributed by atoms with Gasteiger partial charge in [-0.3, -0.25) is 4.99 Å². The second kappa shape index (κ2) is 4.40. The van der Waals surface area contributed by atoms with Gasteiger partial charge in [-0.15, -0.1) is 0 Å².